The molecule has 112 valence electrons. The lowest BCUT2D eigenvalue weighted by molar-refractivity contribution is -0.113. The Bertz CT molecular complexity index is 788. The van der Waals surface area contributed by atoms with Crippen molar-refractivity contribution in [3.05, 3.63) is 36.7 Å². The number of thioether (sulfide) groups is 1. The van der Waals surface area contributed by atoms with E-state index in [1.807, 2.05) is 37.3 Å². The molecular weight excluding hydrogens is 300 g/mol. The Labute approximate surface area is 131 Å². The molecule has 8 heteroatoms. The van der Waals surface area contributed by atoms with Gasteiger partial charge in [-0.05, 0) is 19.1 Å². The first kappa shape index (κ1) is 14.5. The molecule has 0 saturated heterocycles. The number of rotatable bonds is 5. The molecule has 0 atom stereocenters. The number of fused-ring (bicyclic) bond motifs is 1. The molecule has 22 heavy (non-hydrogen) atoms. The van der Waals surface area contributed by atoms with E-state index in [1.54, 1.807) is 4.68 Å². The normalized spacial score (nSPS) is 10.8. The summed E-state index contributed by atoms with van der Waals surface area (Å²) in [5, 5.41) is 11.6. The number of anilines is 1. The molecule has 2 heterocycles. The van der Waals surface area contributed by atoms with E-state index in [-0.39, 0.29) is 11.7 Å². The number of hydrogen-bond donors (Lipinski definition) is 1. The molecule has 0 aliphatic rings. The van der Waals surface area contributed by atoms with Gasteiger partial charge < -0.3 is 5.32 Å². The van der Waals surface area contributed by atoms with Gasteiger partial charge in [-0.2, -0.15) is 0 Å². The first-order chi connectivity index (χ1) is 10.8. The molecule has 3 aromatic rings. The van der Waals surface area contributed by atoms with E-state index in [0.29, 0.717) is 22.7 Å². The van der Waals surface area contributed by atoms with E-state index < -0.39 is 0 Å². The van der Waals surface area contributed by atoms with E-state index in [9.17, 15) is 4.79 Å². The van der Waals surface area contributed by atoms with Gasteiger partial charge in [0.1, 0.15) is 11.4 Å². The summed E-state index contributed by atoms with van der Waals surface area (Å²) in [6.07, 6.45) is 1.47. The third-order valence-corrected chi connectivity index (χ3v) is 3.94. The van der Waals surface area contributed by atoms with Crippen molar-refractivity contribution in [1.29, 1.82) is 0 Å². The number of hydrogen-bond acceptors (Lipinski definition) is 6. The summed E-state index contributed by atoms with van der Waals surface area (Å²) in [6.45, 7) is 2.66. The van der Waals surface area contributed by atoms with E-state index in [1.165, 1.54) is 18.1 Å². The van der Waals surface area contributed by atoms with Crippen LogP contribution in [0.1, 0.15) is 6.92 Å². The standard InChI is InChI=1S/C14H14N6OS/c1-2-20-13-12(18-19-20)14(16-9-15-13)22-8-11(21)17-10-6-4-3-5-7-10/h3-7,9H,2,8H2,1H3,(H,17,21). The Hall–Kier alpha value is -2.48. The lowest BCUT2D eigenvalue weighted by Crippen LogP contribution is -2.14. The van der Waals surface area contributed by atoms with Gasteiger partial charge in [0.05, 0.1) is 5.75 Å². The predicted octanol–water partition coefficient (Wildman–Crippen LogP) is 1.97. The van der Waals surface area contributed by atoms with Gasteiger partial charge in [-0.3, -0.25) is 4.79 Å². The number of benzene rings is 1. The van der Waals surface area contributed by atoms with Crippen molar-refractivity contribution in [3.63, 3.8) is 0 Å². The van der Waals surface area contributed by atoms with Crippen LogP contribution in [0.5, 0.6) is 0 Å². The summed E-state index contributed by atoms with van der Waals surface area (Å²) in [7, 11) is 0. The van der Waals surface area contributed by atoms with E-state index in [4.69, 9.17) is 0 Å². The first-order valence-electron chi connectivity index (χ1n) is 6.80. The van der Waals surface area contributed by atoms with Gasteiger partial charge in [-0.15, -0.1) is 5.10 Å². The highest BCUT2D eigenvalue weighted by Gasteiger charge is 2.12. The van der Waals surface area contributed by atoms with Gasteiger partial charge in [0.25, 0.3) is 0 Å². The predicted molar refractivity (Wildman–Crippen MR) is 84.6 cm³/mol. The lowest BCUT2D eigenvalue weighted by atomic mass is 10.3. The molecule has 0 fully saturated rings. The fourth-order valence-electron chi connectivity index (χ4n) is 1.94. The molecule has 1 aromatic carbocycles. The SMILES string of the molecule is CCn1nnc2c(SCC(=O)Nc3ccccc3)ncnc21. The van der Waals surface area contributed by atoms with Gasteiger partial charge in [-0.25, -0.2) is 14.6 Å². The second-order valence-corrected chi connectivity index (χ2v) is 5.42. The highest BCUT2D eigenvalue weighted by Crippen LogP contribution is 2.22. The monoisotopic (exact) mass is 314 g/mol. The van der Waals surface area contributed by atoms with Crippen LogP contribution in [-0.4, -0.2) is 36.6 Å². The van der Waals surface area contributed by atoms with Crippen LogP contribution in [-0.2, 0) is 11.3 Å². The Morgan fingerprint density at radius 3 is 2.86 bits per heavy atom. The number of nitrogens with one attached hydrogen (secondary N) is 1. The maximum absolute atomic E-state index is 12.0. The fourth-order valence-corrected chi connectivity index (χ4v) is 2.67. The minimum absolute atomic E-state index is 0.0918. The Balaban J connectivity index is 1.69. The second kappa shape index (κ2) is 6.52. The van der Waals surface area contributed by atoms with Gasteiger partial charge in [0.2, 0.25) is 5.91 Å². The fraction of sp³-hybridized carbons (Fsp3) is 0.214. The zero-order valence-electron chi connectivity index (χ0n) is 11.9. The Kier molecular flexibility index (Phi) is 4.29. The molecule has 0 aliphatic heterocycles. The number of aromatic nitrogens is 5. The van der Waals surface area contributed by atoms with Gasteiger partial charge >= 0.3 is 0 Å². The van der Waals surface area contributed by atoms with Crippen LogP contribution >= 0.6 is 11.8 Å². The summed E-state index contributed by atoms with van der Waals surface area (Å²) in [6, 6.07) is 9.34. The number of para-hydroxylation sites is 1. The minimum atomic E-state index is -0.0918. The Morgan fingerprint density at radius 2 is 2.09 bits per heavy atom. The summed E-state index contributed by atoms with van der Waals surface area (Å²) in [5.74, 6) is 0.158. The topological polar surface area (TPSA) is 85.6 Å². The average molecular weight is 314 g/mol. The van der Waals surface area contributed by atoms with Gasteiger partial charge in [-0.1, -0.05) is 35.2 Å². The average Bonchev–Trinajstić information content (AvgIpc) is 2.97. The molecular formula is C14H14N6OS. The quantitative estimate of drug-likeness (QED) is 0.572. The van der Waals surface area contributed by atoms with Crippen LogP contribution in [0.25, 0.3) is 11.2 Å². The van der Waals surface area contributed by atoms with Crippen molar-refractivity contribution in [3.8, 4) is 0 Å². The highest BCUT2D eigenvalue weighted by atomic mass is 32.2. The van der Waals surface area contributed by atoms with Crippen LogP contribution in [0.2, 0.25) is 0 Å². The van der Waals surface area contributed by atoms with Crippen molar-refractivity contribution in [2.75, 3.05) is 11.1 Å². The zero-order chi connectivity index (χ0) is 15.4. The molecule has 2 aromatic heterocycles. The number of carbonyl (C=O) groups excluding carboxylic acids is 1. The first-order valence-corrected chi connectivity index (χ1v) is 7.78. The minimum Gasteiger partial charge on any atom is -0.325 e. The van der Waals surface area contributed by atoms with Crippen LogP contribution in [0.4, 0.5) is 5.69 Å². The number of nitrogens with zero attached hydrogens (tertiary/aromatic N) is 5. The third kappa shape index (κ3) is 3.06. The second-order valence-electron chi connectivity index (χ2n) is 4.46. The summed E-state index contributed by atoms with van der Waals surface area (Å²) < 4.78 is 1.70. The third-order valence-electron chi connectivity index (χ3n) is 2.96. The highest BCUT2D eigenvalue weighted by molar-refractivity contribution is 8.00. The maximum Gasteiger partial charge on any atom is 0.234 e. The van der Waals surface area contributed by atoms with E-state index in [2.05, 4.69) is 25.6 Å². The Morgan fingerprint density at radius 1 is 1.27 bits per heavy atom. The molecule has 1 amide bonds. The van der Waals surface area contributed by atoms with Gasteiger partial charge in [0, 0.05) is 12.2 Å². The van der Waals surface area contributed by atoms with Gasteiger partial charge in [0.15, 0.2) is 11.2 Å². The number of amides is 1. The summed E-state index contributed by atoms with van der Waals surface area (Å²) >= 11 is 1.32. The van der Waals surface area contributed by atoms with Crippen molar-refractivity contribution < 1.29 is 4.79 Å². The van der Waals surface area contributed by atoms with E-state index >= 15 is 0 Å². The molecule has 0 bridgehead atoms. The van der Waals surface area contributed by atoms with Crippen molar-refractivity contribution >= 4 is 34.5 Å². The molecule has 0 saturated carbocycles. The molecule has 7 nitrogen and oxygen atoms in total. The smallest absolute Gasteiger partial charge is 0.234 e. The van der Waals surface area contributed by atoms with Crippen LogP contribution < -0.4 is 5.32 Å². The van der Waals surface area contributed by atoms with Crippen LogP contribution in [0.3, 0.4) is 0 Å². The zero-order valence-corrected chi connectivity index (χ0v) is 12.7. The largest absolute Gasteiger partial charge is 0.325 e. The van der Waals surface area contributed by atoms with Crippen LogP contribution in [0, 0.1) is 0 Å². The van der Waals surface area contributed by atoms with E-state index in [0.717, 1.165) is 5.69 Å². The molecule has 0 radical (unpaired) electrons. The lowest BCUT2D eigenvalue weighted by Gasteiger charge is -2.04. The van der Waals surface area contributed by atoms with Crippen LogP contribution in [0.15, 0.2) is 41.7 Å². The number of carbonyl (C=O) groups is 1. The molecule has 3 rings (SSSR count). The molecule has 0 unspecified atom stereocenters. The summed E-state index contributed by atoms with van der Waals surface area (Å²) in [5.41, 5.74) is 2.09. The molecule has 0 spiro atoms. The van der Waals surface area contributed by atoms with Crippen molar-refractivity contribution in [2.45, 2.75) is 18.5 Å². The molecule has 0 aliphatic carbocycles. The number of aryl methyl sites for hydroxylation is 1. The molecule has 1 N–H and O–H groups in total. The summed E-state index contributed by atoms with van der Waals surface area (Å²) in [4.78, 5) is 20.3. The van der Waals surface area contributed by atoms with Crippen molar-refractivity contribution in [2.24, 2.45) is 0 Å². The van der Waals surface area contributed by atoms with Crippen molar-refractivity contribution in [1.82, 2.24) is 25.0 Å². The maximum atomic E-state index is 12.0.